The van der Waals surface area contributed by atoms with Crippen LogP contribution in [0, 0.1) is 0 Å². The molecule has 1 aromatic rings. The second-order valence-corrected chi connectivity index (χ2v) is 3.98. The van der Waals surface area contributed by atoms with Crippen molar-refractivity contribution in [2.24, 2.45) is 7.05 Å². The van der Waals surface area contributed by atoms with Gasteiger partial charge in [0, 0.05) is 19.7 Å². The minimum atomic E-state index is -0.630. The van der Waals surface area contributed by atoms with Gasteiger partial charge in [0.25, 0.3) is 5.91 Å². The van der Waals surface area contributed by atoms with Gasteiger partial charge in [0.15, 0.2) is 0 Å². The van der Waals surface area contributed by atoms with Gasteiger partial charge in [-0.3, -0.25) is 19.7 Å². The lowest BCUT2D eigenvalue weighted by atomic mass is 10.1. The first-order valence-corrected chi connectivity index (χ1v) is 5.34. The number of amides is 3. The third-order valence-corrected chi connectivity index (χ3v) is 2.72. The zero-order valence-electron chi connectivity index (χ0n) is 9.40. The predicted octanol–water partition coefficient (Wildman–Crippen LogP) is -0.440. The van der Waals surface area contributed by atoms with Gasteiger partial charge < -0.3 is 9.88 Å². The minimum absolute atomic E-state index is 0.254. The summed E-state index contributed by atoms with van der Waals surface area (Å²) >= 11 is 0. The number of piperidine rings is 1. The number of aromatic nitrogens is 1. The van der Waals surface area contributed by atoms with Crippen LogP contribution in [0.1, 0.15) is 23.3 Å². The van der Waals surface area contributed by atoms with Gasteiger partial charge >= 0.3 is 0 Å². The van der Waals surface area contributed by atoms with E-state index in [1.54, 1.807) is 29.9 Å². The van der Waals surface area contributed by atoms with E-state index < -0.39 is 11.9 Å². The Morgan fingerprint density at radius 2 is 2.29 bits per heavy atom. The summed E-state index contributed by atoms with van der Waals surface area (Å²) in [6.45, 7) is 0. The smallest absolute Gasteiger partial charge is 0.268 e. The van der Waals surface area contributed by atoms with Crippen LogP contribution in [-0.4, -0.2) is 28.3 Å². The number of imide groups is 1. The average molecular weight is 235 g/mol. The van der Waals surface area contributed by atoms with Gasteiger partial charge in [0.05, 0.1) is 0 Å². The Kier molecular flexibility index (Phi) is 2.95. The molecule has 17 heavy (non-hydrogen) atoms. The third-order valence-electron chi connectivity index (χ3n) is 2.72. The Labute approximate surface area is 98.0 Å². The summed E-state index contributed by atoms with van der Waals surface area (Å²) < 4.78 is 1.67. The number of hydrogen-bond donors (Lipinski definition) is 2. The van der Waals surface area contributed by atoms with Gasteiger partial charge in [0.2, 0.25) is 11.8 Å². The Bertz CT molecular complexity index is 478. The number of hydrogen-bond acceptors (Lipinski definition) is 3. The van der Waals surface area contributed by atoms with Crippen molar-refractivity contribution in [1.29, 1.82) is 0 Å². The van der Waals surface area contributed by atoms with Gasteiger partial charge in [-0.05, 0) is 18.6 Å². The number of aryl methyl sites for hydroxylation is 1. The van der Waals surface area contributed by atoms with E-state index in [1.807, 2.05) is 0 Å². The minimum Gasteiger partial charge on any atom is -0.347 e. The largest absolute Gasteiger partial charge is 0.347 e. The molecule has 0 aromatic carbocycles. The maximum Gasteiger partial charge on any atom is 0.268 e. The van der Waals surface area contributed by atoms with E-state index in [0.29, 0.717) is 12.1 Å². The summed E-state index contributed by atoms with van der Waals surface area (Å²) in [7, 11) is 1.75. The van der Waals surface area contributed by atoms with Crippen LogP contribution in [0.3, 0.4) is 0 Å². The summed E-state index contributed by atoms with van der Waals surface area (Å²) in [4.78, 5) is 34.2. The standard InChI is InChI=1S/C11H13N3O3/c1-14-6-2-3-8(14)11(17)12-7-4-5-9(15)13-10(7)16/h2-3,6-7H,4-5H2,1H3,(H,12,17)(H,13,15,16). The molecule has 0 saturated carbocycles. The topological polar surface area (TPSA) is 80.2 Å². The van der Waals surface area contributed by atoms with Crippen LogP contribution in [0.4, 0.5) is 0 Å². The summed E-state index contributed by atoms with van der Waals surface area (Å²) in [6.07, 6.45) is 2.35. The van der Waals surface area contributed by atoms with Crippen LogP contribution in [0.2, 0.25) is 0 Å². The van der Waals surface area contributed by atoms with Crippen LogP contribution in [0.25, 0.3) is 0 Å². The Balaban J connectivity index is 2.02. The molecule has 0 radical (unpaired) electrons. The maximum atomic E-state index is 11.8. The Morgan fingerprint density at radius 1 is 1.53 bits per heavy atom. The van der Waals surface area contributed by atoms with Crippen molar-refractivity contribution in [3.63, 3.8) is 0 Å². The fraction of sp³-hybridized carbons (Fsp3) is 0.364. The summed E-state index contributed by atoms with van der Waals surface area (Å²) in [5.41, 5.74) is 0.481. The molecule has 1 aliphatic heterocycles. The molecule has 1 aromatic heterocycles. The van der Waals surface area contributed by atoms with Crippen LogP contribution < -0.4 is 10.6 Å². The molecule has 1 fully saturated rings. The highest BCUT2D eigenvalue weighted by Crippen LogP contribution is 2.06. The molecular weight excluding hydrogens is 222 g/mol. The van der Waals surface area contributed by atoms with E-state index in [2.05, 4.69) is 10.6 Å². The summed E-state index contributed by atoms with van der Waals surface area (Å²) in [5.74, 6) is -1.05. The molecule has 1 unspecified atom stereocenters. The SMILES string of the molecule is Cn1cccc1C(=O)NC1CCC(=O)NC1=O. The van der Waals surface area contributed by atoms with Gasteiger partial charge in [-0.25, -0.2) is 0 Å². The van der Waals surface area contributed by atoms with Crippen LogP contribution in [0.15, 0.2) is 18.3 Å². The fourth-order valence-corrected chi connectivity index (χ4v) is 1.76. The highest BCUT2D eigenvalue weighted by atomic mass is 16.2. The number of rotatable bonds is 2. The highest BCUT2D eigenvalue weighted by Gasteiger charge is 2.28. The van der Waals surface area contributed by atoms with Crippen molar-refractivity contribution >= 4 is 17.7 Å². The lowest BCUT2D eigenvalue weighted by molar-refractivity contribution is -0.134. The third kappa shape index (κ3) is 2.35. The fourth-order valence-electron chi connectivity index (χ4n) is 1.76. The van der Waals surface area contributed by atoms with E-state index in [0.717, 1.165) is 0 Å². The molecule has 90 valence electrons. The molecule has 0 spiro atoms. The first-order valence-electron chi connectivity index (χ1n) is 5.34. The highest BCUT2D eigenvalue weighted by molar-refractivity contribution is 6.03. The number of carbonyl (C=O) groups is 3. The van der Waals surface area contributed by atoms with E-state index >= 15 is 0 Å². The second-order valence-electron chi connectivity index (χ2n) is 3.98. The summed E-state index contributed by atoms with van der Waals surface area (Å²) in [5, 5.41) is 4.80. The Hall–Kier alpha value is -2.11. The van der Waals surface area contributed by atoms with Crippen LogP contribution in [-0.2, 0) is 16.6 Å². The van der Waals surface area contributed by atoms with E-state index in [9.17, 15) is 14.4 Å². The van der Waals surface area contributed by atoms with Gasteiger partial charge in [-0.2, -0.15) is 0 Å². The van der Waals surface area contributed by atoms with Gasteiger partial charge in [0.1, 0.15) is 11.7 Å². The van der Waals surface area contributed by atoms with E-state index in [4.69, 9.17) is 0 Å². The first-order chi connectivity index (χ1) is 8.08. The number of carbonyl (C=O) groups excluding carboxylic acids is 3. The molecule has 3 amide bonds. The predicted molar refractivity (Wildman–Crippen MR) is 59.1 cm³/mol. The molecule has 0 bridgehead atoms. The van der Waals surface area contributed by atoms with Crippen molar-refractivity contribution in [2.45, 2.75) is 18.9 Å². The first kappa shape index (κ1) is 11.4. The summed E-state index contributed by atoms with van der Waals surface area (Å²) in [6, 6.07) is 2.79. The number of nitrogens with one attached hydrogen (secondary N) is 2. The van der Waals surface area contributed by atoms with Crippen LogP contribution in [0.5, 0.6) is 0 Å². The lowest BCUT2D eigenvalue weighted by Crippen LogP contribution is -2.52. The normalized spacial score (nSPS) is 19.9. The zero-order chi connectivity index (χ0) is 12.4. The monoisotopic (exact) mass is 235 g/mol. The molecule has 1 aliphatic rings. The zero-order valence-corrected chi connectivity index (χ0v) is 9.40. The lowest BCUT2D eigenvalue weighted by Gasteiger charge is -2.21. The van der Waals surface area contributed by atoms with Gasteiger partial charge in [-0.15, -0.1) is 0 Å². The van der Waals surface area contributed by atoms with Crippen molar-refractivity contribution in [3.8, 4) is 0 Å². The quantitative estimate of drug-likeness (QED) is 0.682. The molecule has 6 nitrogen and oxygen atoms in total. The van der Waals surface area contributed by atoms with Crippen molar-refractivity contribution in [3.05, 3.63) is 24.0 Å². The number of nitrogens with zero attached hydrogens (tertiary/aromatic N) is 1. The molecule has 2 heterocycles. The van der Waals surface area contributed by atoms with Crippen molar-refractivity contribution < 1.29 is 14.4 Å². The van der Waals surface area contributed by atoms with Crippen LogP contribution >= 0.6 is 0 Å². The molecule has 6 heteroatoms. The molecule has 2 rings (SSSR count). The van der Waals surface area contributed by atoms with Crippen molar-refractivity contribution in [2.75, 3.05) is 0 Å². The Morgan fingerprint density at radius 3 is 2.88 bits per heavy atom. The molecule has 1 saturated heterocycles. The molecular formula is C11H13N3O3. The molecule has 2 N–H and O–H groups in total. The van der Waals surface area contributed by atoms with E-state index in [-0.39, 0.29) is 18.2 Å². The molecule has 0 aliphatic carbocycles. The average Bonchev–Trinajstić information content (AvgIpc) is 2.68. The maximum absolute atomic E-state index is 11.8. The van der Waals surface area contributed by atoms with Crippen molar-refractivity contribution in [1.82, 2.24) is 15.2 Å². The molecule has 1 atom stereocenters. The van der Waals surface area contributed by atoms with E-state index in [1.165, 1.54) is 0 Å². The second kappa shape index (κ2) is 4.40. The van der Waals surface area contributed by atoms with Gasteiger partial charge in [-0.1, -0.05) is 0 Å².